The summed E-state index contributed by atoms with van der Waals surface area (Å²) in [6.45, 7) is 3.59. The van der Waals surface area contributed by atoms with Crippen LogP contribution in [0.25, 0.3) is 0 Å². The minimum Gasteiger partial charge on any atom is -0.240 e. The molecule has 5 heteroatoms. The molecule has 0 saturated heterocycles. The number of halogens is 5. The molecular weight excluding hydrogens is 287 g/mol. The summed E-state index contributed by atoms with van der Waals surface area (Å²) in [5.41, 5.74) is -15.2. The Bertz CT molecular complexity index is 479. The van der Waals surface area contributed by atoms with Crippen LogP contribution in [0.4, 0.5) is 22.0 Å². The molecule has 120 valence electrons. The molecule has 0 aromatic heterocycles. The van der Waals surface area contributed by atoms with Gasteiger partial charge in [0.1, 0.15) is 0 Å². The summed E-state index contributed by atoms with van der Waals surface area (Å²) < 4.78 is 75.2. The molecule has 0 aromatic rings. The van der Waals surface area contributed by atoms with E-state index in [1.165, 1.54) is 6.08 Å². The highest BCUT2D eigenvalue weighted by molar-refractivity contribution is 5.38. The van der Waals surface area contributed by atoms with Gasteiger partial charge in [-0.25, -0.2) is 22.0 Å². The number of rotatable bonds is 1. The number of alkyl halides is 5. The molecule has 4 atom stereocenters. The van der Waals surface area contributed by atoms with E-state index in [0.29, 0.717) is 20.8 Å². The minimum absolute atomic E-state index is 0.207. The van der Waals surface area contributed by atoms with Gasteiger partial charge >= 0.3 is 0 Å². The van der Waals surface area contributed by atoms with Crippen molar-refractivity contribution in [1.29, 1.82) is 0 Å². The summed E-state index contributed by atoms with van der Waals surface area (Å²) in [5.74, 6) is -1.70. The van der Waals surface area contributed by atoms with Crippen molar-refractivity contribution < 1.29 is 22.0 Å². The number of hydrogen-bond donors (Lipinski definition) is 0. The van der Waals surface area contributed by atoms with Crippen molar-refractivity contribution in [3.8, 4) is 0 Å². The van der Waals surface area contributed by atoms with Gasteiger partial charge in [0.25, 0.3) is 0 Å². The van der Waals surface area contributed by atoms with Crippen LogP contribution in [0.3, 0.4) is 0 Å². The molecule has 0 aliphatic heterocycles. The van der Waals surface area contributed by atoms with Gasteiger partial charge in [0.05, 0.1) is 5.92 Å². The summed E-state index contributed by atoms with van der Waals surface area (Å²) >= 11 is 0. The zero-order valence-electron chi connectivity index (χ0n) is 12.9. The lowest BCUT2D eigenvalue weighted by Crippen LogP contribution is -2.79. The molecule has 0 aromatic carbocycles. The largest absolute Gasteiger partial charge is 0.240 e. The van der Waals surface area contributed by atoms with Crippen molar-refractivity contribution in [3.63, 3.8) is 0 Å². The molecule has 2 aliphatic carbocycles. The van der Waals surface area contributed by atoms with E-state index in [9.17, 15) is 13.2 Å². The van der Waals surface area contributed by atoms with E-state index in [1.807, 2.05) is 0 Å². The molecule has 1 saturated carbocycles. The summed E-state index contributed by atoms with van der Waals surface area (Å²) in [6, 6.07) is 0. The first kappa shape index (κ1) is 16.5. The molecule has 0 N–H and O–H groups in total. The van der Waals surface area contributed by atoms with Crippen LogP contribution < -0.4 is 0 Å². The highest BCUT2D eigenvalue weighted by atomic mass is 19.2. The van der Waals surface area contributed by atoms with E-state index < -0.39 is 34.3 Å². The van der Waals surface area contributed by atoms with Gasteiger partial charge in [0.2, 0.25) is 0 Å². The van der Waals surface area contributed by atoms with Gasteiger partial charge in [-0.15, -0.1) is 0 Å². The first-order valence-corrected chi connectivity index (χ1v) is 7.03. The van der Waals surface area contributed by atoms with Crippen LogP contribution in [0.5, 0.6) is 0 Å². The normalized spacial score (nSPS) is 57.4. The maximum absolute atomic E-state index is 15.2. The number of hydrogen-bond acceptors (Lipinski definition) is 0. The van der Waals surface area contributed by atoms with Gasteiger partial charge in [-0.3, -0.25) is 0 Å². The summed E-state index contributed by atoms with van der Waals surface area (Å²) in [4.78, 5) is 0. The van der Waals surface area contributed by atoms with Crippen LogP contribution in [-0.4, -0.2) is 28.3 Å². The van der Waals surface area contributed by atoms with E-state index in [0.717, 1.165) is 13.8 Å². The summed E-state index contributed by atoms with van der Waals surface area (Å²) in [5, 5.41) is 0. The topological polar surface area (TPSA) is 0 Å². The molecular formula is C16H21F5. The molecule has 0 spiro atoms. The molecule has 0 bridgehead atoms. The Morgan fingerprint density at radius 2 is 1.24 bits per heavy atom. The predicted molar refractivity (Wildman–Crippen MR) is 72.9 cm³/mol. The molecule has 0 radical (unpaired) electrons. The second-order valence-corrected chi connectivity index (χ2v) is 6.97. The van der Waals surface area contributed by atoms with E-state index in [4.69, 9.17) is 0 Å². The molecule has 0 heterocycles. The van der Waals surface area contributed by atoms with Crippen molar-refractivity contribution in [2.75, 3.05) is 0 Å². The lowest BCUT2D eigenvalue weighted by Gasteiger charge is -2.61. The van der Waals surface area contributed by atoms with Gasteiger partial charge in [0, 0.05) is 0 Å². The van der Waals surface area contributed by atoms with E-state index in [2.05, 4.69) is 0 Å². The molecule has 2 aliphatic rings. The number of allylic oxidation sites excluding steroid dienone is 4. The fraction of sp³-hybridized carbons (Fsp3) is 0.750. The van der Waals surface area contributed by atoms with E-state index in [-0.39, 0.29) is 12.0 Å². The molecule has 2 rings (SSSR count). The van der Waals surface area contributed by atoms with Crippen molar-refractivity contribution in [2.24, 2.45) is 5.92 Å². The third kappa shape index (κ3) is 1.66. The van der Waals surface area contributed by atoms with E-state index in [1.54, 1.807) is 12.2 Å². The lowest BCUT2D eigenvalue weighted by molar-refractivity contribution is -0.282. The third-order valence-corrected chi connectivity index (χ3v) is 5.85. The minimum atomic E-state index is -3.31. The van der Waals surface area contributed by atoms with Crippen molar-refractivity contribution in [3.05, 3.63) is 23.8 Å². The molecule has 0 nitrogen and oxygen atoms in total. The van der Waals surface area contributed by atoms with E-state index >= 15 is 8.78 Å². The average Bonchev–Trinajstić information content (AvgIpc) is 2.79. The van der Waals surface area contributed by atoms with Gasteiger partial charge in [-0.2, -0.15) is 0 Å². The van der Waals surface area contributed by atoms with Crippen LogP contribution >= 0.6 is 0 Å². The lowest BCUT2D eigenvalue weighted by atomic mass is 9.50. The third-order valence-electron chi connectivity index (χ3n) is 5.85. The zero-order valence-corrected chi connectivity index (χ0v) is 12.9. The molecule has 4 unspecified atom stereocenters. The van der Waals surface area contributed by atoms with Crippen LogP contribution in [0.2, 0.25) is 0 Å². The zero-order chi connectivity index (χ0) is 16.5. The Labute approximate surface area is 122 Å². The first-order valence-electron chi connectivity index (χ1n) is 7.03. The Balaban J connectivity index is 2.70. The molecule has 21 heavy (non-hydrogen) atoms. The molecule has 0 amide bonds. The smallest absolute Gasteiger partial charge is 0.181 e. The second-order valence-electron chi connectivity index (χ2n) is 6.97. The molecule has 1 fully saturated rings. The van der Waals surface area contributed by atoms with Gasteiger partial charge in [0.15, 0.2) is 28.3 Å². The second kappa shape index (κ2) is 4.11. The van der Waals surface area contributed by atoms with Crippen LogP contribution in [0.1, 0.15) is 41.0 Å². The first-order chi connectivity index (χ1) is 9.23. The Morgan fingerprint density at radius 3 is 1.57 bits per heavy atom. The Kier molecular flexibility index (Phi) is 3.23. The fourth-order valence-corrected chi connectivity index (χ4v) is 3.78. The van der Waals surface area contributed by atoms with Gasteiger partial charge in [-0.1, -0.05) is 23.8 Å². The van der Waals surface area contributed by atoms with Crippen LogP contribution in [0.15, 0.2) is 23.8 Å². The maximum Gasteiger partial charge on any atom is 0.181 e. The quantitative estimate of drug-likeness (QED) is 0.588. The van der Waals surface area contributed by atoms with Crippen molar-refractivity contribution in [1.82, 2.24) is 0 Å². The Hall–Kier alpha value is -0.870. The Morgan fingerprint density at radius 1 is 0.810 bits per heavy atom. The average molecular weight is 308 g/mol. The SMILES string of the molecule is CC1(F)C(C2=CC=CC2)C(C)(F)C(C)(F)C(C)(F)C1(C)F. The summed E-state index contributed by atoms with van der Waals surface area (Å²) in [7, 11) is 0. The van der Waals surface area contributed by atoms with Crippen LogP contribution in [-0.2, 0) is 0 Å². The van der Waals surface area contributed by atoms with Crippen LogP contribution in [0, 0.1) is 5.92 Å². The summed E-state index contributed by atoms with van der Waals surface area (Å²) in [6.07, 6.45) is 4.89. The highest BCUT2D eigenvalue weighted by Gasteiger charge is 2.81. The fourth-order valence-electron chi connectivity index (χ4n) is 3.78. The maximum atomic E-state index is 15.2. The van der Waals surface area contributed by atoms with Gasteiger partial charge in [-0.05, 0) is 41.0 Å². The predicted octanol–water partition coefficient (Wildman–Crippen LogP) is 5.14. The van der Waals surface area contributed by atoms with Crippen molar-refractivity contribution in [2.45, 2.75) is 69.4 Å². The highest BCUT2D eigenvalue weighted by Crippen LogP contribution is 2.65. The van der Waals surface area contributed by atoms with Gasteiger partial charge < -0.3 is 0 Å². The standard InChI is InChI=1S/C16H21F5/c1-12(17)11(10-8-6-7-9-10)13(2,18)15(4,20)16(5,21)14(12,3)19/h6-8,11H,9H2,1-5H3. The monoisotopic (exact) mass is 308 g/mol. The van der Waals surface area contributed by atoms with Crippen molar-refractivity contribution >= 4 is 0 Å².